The van der Waals surface area contributed by atoms with Crippen molar-refractivity contribution >= 4 is 12.0 Å². The molecule has 0 saturated heterocycles. The third-order valence-corrected chi connectivity index (χ3v) is 1.66. The standard InChI is InChI=1S/C11H11FO3/c12-7-8-15-10-4-2-1-3-9(10)5-6-11(13)14/h1-6H,7-8H2,(H,13,14)/b6-5+. The first kappa shape index (κ1) is 11.2. The van der Waals surface area contributed by atoms with E-state index in [-0.39, 0.29) is 6.61 Å². The van der Waals surface area contributed by atoms with Gasteiger partial charge in [0.05, 0.1) is 0 Å². The van der Waals surface area contributed by atoms with Crippen LogP contribution in [0, 0.1) is 0 Å². The first-order chi connectivity index (χ1) is 7.24. The molecular formula is C11H11FO3. The summed E-state index contributed by atoms with van der Waals surface area (Å²) < 4.78 is 17.0. The second-order valence-corrected chi connectivity index (χ2v) is 2.75. The Hall–Kier alpha value is -1.84. The Kier molecular flexibility index (Phi) is 4.34. The highest BCUT2D eigenvalue weighted by molar-refractivity contribution is 5.85. The van der Waals surface area contributed by atoms with Crippen LogP contribution in [0.1, 0.15) is 5.56 Å². The number of alkyl halides is 1. The molecule has 0 bridgehead atoms. The van der Waals surface area contributed by atoms with Gasteiger partial charge in [0, 0.05) is 11.6 Å². The minimum Gasteiger partial charge on any atom is -0.490 e. The Morgan fingerprint density at radius 1 is 1.47 bits per heavy atom. The zero-order valence-electron chi connectivity index (χ0n) is 8.02. The molecule has 1 aromatic carbocycles. The van der Waals surface area contributed by atoms with Gasteiger partial charge in [-0.2, -0.15) is 0 Å². The van der Waals surface area contributed by atoms with Crippen LogP contribution >= 0.6 is 0 Å². The van der Waals surface area contributed by atoms with Gasteiger partial charge in [-0.3, -0.25) is 0 Å². The fourth-order valence-electron chi connectivity index (χ4n) is 1.06. The minimum absolute atomic E-state index is 0.0298. The maximum Gasteiger partial charge on any atom is 0.328 e. The van der Waals surface area contributed by atoms with Gasteiger partial charge in [0.15, 0.2) is 0 Å². The average molecular weight is 210 g/mol. The average Bonchev–Trinajstić information content (AvgIpc) is 2.24. The van der Waals surface area contributed by atoms with Gasteiger partial charge in [-0.05, 0) is 12.1 Å². The van der Waals surface area contributed by atoms with Crippen LogP contribution in [0.5, 0.6) is 5.75 Å². The van der Waals surface area contributed by atoms with Gasteiger partial charge in [0.1, 0.15) is 19.0 Å². The predicted molar refractivity (Wildman–Crippen MR) is 54.6 cm³/mol. The molecule has 0 fully saturated rings. The van der Waals surface area contributed by atoms with Crippen molar-refractivity contribution in [2.45, 2.75) is 0 Å². The number of hydrogen-bond donors (Lipinski definition) is 1. The molecule has 1 aromatic rings. The molecule has 0 atom stereocenters. The van der Waals surface area contributed by atoms with E-state index in [0.29, 0.717) is 11.3 Å². The Morgan fingerprint density at radius 2 is 2.20 bits per heavy atom. The largest absolute Gasteiger partial charge is 0.490 e. The van der Waals surface area contributed by atoms with Gasteiger partial charge in [-0.25, -0.2) is 9.18 Å². The van der Waals surface area contributed by atoms with Crippen LogP contribution in [-0.4, -0.2) is 24.4 Å². The van der Waals surface area contributed by atoms with Crippen LogP contribution < -0.4 is 4.74 Å². The third kappa shape index (κ3) is 3.81. The molecule has 15 heavy (non-hydrogen) atoms. The van der Waals surface area contributed by atoms with Gasteiger partial charge < -0.3 is 9.84 Å². The molecule has 0 aromatic heterocycles. The number of para-hydroxylation sites is 1. The fourth-order valence-corrected chi connectivity index (χ4v) is 1.06. The minimum atomic E-state index is -1.03. The van der Waals surface area contributed by atoms with E-state index in [2.05, 4.69) is 0 Å². The van der Waals surface area contributed by atoms with Gasteiger partial charge in [-0.15, -0.1) is 0 Å². The summed E-state index contributed by atoms with van der Waals surface area (Å²) in [7, 11) is 0. The zero-order chi connectivity index (χ0) is 11.1. The van der Waals surface area contributed by atoms with Crippen molar-refractivity contribution in [2.75, 3.05) is 13.3 Å². The van der Waals surface area contributed by atoms with E-state index in [4.69, 9.17) is 9.84 Å². The van der Waals surface area contributed by atoms with E-state index < -0.39 is 12.6 Å². The van der Waals surface area contributed by atoms with Gasteiger partial charge >= 0.3 is 5.97 Å². The van der Waals surface area contributed by atoms with Gasteiger partial charge in [0.25, 0.3) is 0 Å². The first-order valence-corrected chi connectivity index (χ1v) is 4.43. The SMILES string of the molecule is O=C(O)/C=C/c1ccccc1OCCF. The topological polar surface area (TPSA) is 46.5 Å². The number of halogens is 1. The van der Waals surface area contributed by atoms with Crippen molar-refractivity contribution in [2.24, 2.45) is 0 Å². The molecule has 0 aliphatic carbocycles. The molecule has 0 amide bonds. The molecule has 3 nitrogen and oxygen atoms in total. The first-order valence-electron chi connectivity index (χ1n) is 4.43. The molecule has 0 spiro atoms. The van der Waals surface area contributed by atoms with Crippen molar-refractivity contribution in [1.29, 1.82) is 0 Å². The van der Waals surface area contributed by atoms with Crippen molar-refractivity contribution < 1.29 is 19.0 Å². The van der Waals surface area contributed by atoms with Crippen molar-refractivity contribution in [3.05, 3.63) is 35.9 Å². The Balaban J connectivity index is 2.81. The lowest BCUT2D eigenvalue weighted by molar-refractivity contribution is -0.131. The number of aliphatic carboxylic acids is 1. The third-order valence-electron chi connectivity index (χ3n) is 1.66. The summed E-state index contributed by atoms with van der Waals surface area (Å²) in [6.07, 6.45) is 2.42. The monoisotopic (exact) mass is 210 g/mol. The van der Waals surface area contributed by atoms with Crippen molar-refractivity contribution in [1.82, 2.24) is 0 Å². The second kappa shape index (κ2) is 5.80. The lowest BCUT2D eigenvalue weighted by Crippen LogP contribution is -1.99. The van der Waals surface area contributed by atoms with Crippen LogP contribution in [0.3, 0.4) is 0 Å². The second-order valence-electron chi connectivity index (χ2n) is 2.75. The lowest BCUT2D eigenvalue weighted by Gasteiger charge is -2.06. The normalized spacial score (nSPS) is 10.5. The van der Waals surface area contributed by atoms with Gasteiger partial charge in [-0.1, -0.05) is 18.2 Å². The van der Waals surface area contributed by atoms with E-state index >= 15 is 0 Å². The summed E-state index contributed by atoms with van der Waals surface area (Å²) in [4.78, 5) is 10.3. The lowest BCUT2D eigenvalue weighted by atomic mass is 10.2. The summed E-state index contributed by atoms with van der Waals surface area (Å²) in [6.45, 7) is -0.602. The summed E-state index contributed by atoms with van der Waals surface area (Å²) in [5, 5.41) is 8.45. The summed E-state index contributed by atoms with van der Waals surface area (Å²) in [5.74, 6) is -0.553. The highest BCUT2D eigenvalue weighted by Crippen LogP contribution is 2.19. The number of hydrogen-bond acceptors (Lipinski definition) is 2. The number of carbonyl (C=O) groups is 1. The van der Waals surface area contributed by atoms with Crippen LogP contribution in [-0.2, 0) is 4.79 Å². The molecule has 0 unspecified atom stereocenters. The number of carboxylic acid groups (broad SMARTS) is 1. The molecule has 4 heteroatoms. The quantitative estimate of drug-likeness (QED) is 0.757. The van der Waals surface area contributed by atoms with E-state index in [1.165, 1.54) is 6.08 Å². The molecule has 1 rings (SSSR count). The molecule has 1 N–H and O–H groups in total. The summed E-state index contributed by atoms with van der Waals surface area (Å²) in [5.41, 5.74) is 0.619. The zero-order valence-corrected chi connectivity index (χ0v) is 8.02. The van der Waals surface area contributed by atoms with E-state index in [0.717, 1.165) is 6.08 Å². The molecule has 80 valence electrons. The Labute approximate surface area is 86.8 Å². The molecule has 0 aliphatic rings. The van der Waals surface area contributed by atoms with Crippen molar-refractivity contribution in [3.63, 3.8) is 0 Å². The molecule has 0 aliphatic heterocycles. The Morgan fingerprint density at radius 3 is 2.87 bits per heavy atom. The van der Waals surface area contributed by atoms with E-state index in [9.17, 15) is 9.18 Å². The maximum absolute atomic E-state index is 11.9. The highest BCUT2D eigenvalue weighted by Gasteiger charge is 1.99. The van der Waals surface area contributed by atoms with E-state index in [1.54, 1.807) is 24.3 Å². The van der Waals surface area contributed by atoms with Crippen molar-refractivity contribution in [3.8, 4) is 5.75 Å². The molecule has 0 heterocycles. The van der Waals surface area contributed by atoms with Gasteiger partial charge in [0.2, 0.25) is 0 Å². The van der Waals surface area contributed by atoms with Crippen LogP contribution in [0.2, 0.25) is 0 Å². The Bertz CT molecular complexity index is 361. The number of ether oxygens (including phenoxy) is 1. The molecule has 0 radical (unpaired) electrons. The summed E-state index contributed by atoms with van der Waals surface area (Å²) >= 11 is 0. The predicted octanol–water partition coefficient (Wildman–Crippen LogP) is 2.13. The van der Waals surface area contributed by atoms with Crippen LogP contribution in [0.25, 0.3) is 6.08 Å². The smallest absolute Gasteiger partial charge is 0.328 e. The highest BCUT2D eigenvalue weighted by atomic mass is 19.1. The van der Waals surface area contributed by atoms with Crippen LogP contribution in [0.4, 0.5) is 4.39 Å². The van der Waals surface area contributed by atoms with E-state index in [1.807, 2.05) is 0 Å². The van der Waals surface area contributed by atoms with Crippen LogP contribution in [0.15, 0.2) is 30.3 Å². The number of benzene rings is 1. The molecule has 0 saturated carbocycles. The maximum atomic E-state index is 11.9. The summed E-state index contributed by atoms with van der Waals surface area (Å²) in [6, 6.07) is 6.86. The fraction of sp³-hybridized carbons (Fsp3) is 0.182. The number of carboxylic acids is 1. The number of rotatable bonds is 5. The molecular weight excluding hydrogens is 199 g/mol.